The van der Waals surface area contributed by atoms with Crippen LogP contribution in [-0.4, -0.2) is 18.2 Å². The molecule has 1 aliphatic heterocycles. The van der Waals surface area contributed by atoms with E-state index in [0.717, 1.165) is 24.7 Å². The van der Waals surface area contributed by atoms with Crippen molar-refractivity contribution in [1.29, 1.82) is 0 Å². The zero-order valence-corrected chi connectivity index (χ0v) is 14.0. The van der Waals surface area contributed by atoms with Crippen LogP contribution in [0.4, 0.5) is 20.2 Å². The van der Waals surface area contributed by atoms with Gasteiger partial charge in [0.15, 0.2) is 5.11 Å². The minimum atomic E-state index is -0.672. The third kappa shape index (κ3) is 4.20. The van der Waals surface area contributed by atoms with Crippen molar-refractivity contribution in [3.63, 3.8) is 0 Å². The Hall–Kier alpha value is -2.21. The van der Waals surface area contributed by atoms with E-state index in [-0.39, 0.29) is 5.69 Å². The monoisotopic (exact) mass is 347 g/mol. The highest BCUT2D eigenvalue weighted by molar-refractivity contribution is 7.80. The summed E-state index contributed by atoms with van der Waals surface area (Å²) in [5.41, 5.74) is 2.48. The third-order valence-electron chi connectivity index (χ3n) is 4.04. The molecule has 0 aromatic heterocycles. The molecule has 1 fully saturated rings. The number of anilines is 2. The molecular weight excluding hydrogens is 328 g/mol. The van der Waals surface area contributed by atoms with Gasteiger partial charge in [-0.25, -0.2) is 8.78 Å². The lowest BCUT2D eigenvalue weighted by Crippen LogP contribution is -2.28. The van der Waals surface area contributed by atoms with Gasteiger partial charge < -0.3 is 15.5 Å². The molecule has 0 spiro atoms. The smallest absolute Gasteiger partial charge is 0.171 e. The molecular formula is C18H19F2N3S. The first-order chi connectivity index (χ1) is 11.6. The zero-order valence-electron chi connectivity index (χ0n) is 13.2. The van der Waals surface area contributed by atoms with Crippen LogP contribution in [0.15, 0.2) is 42.5 Å². The van der Waals surface area contributed by atoms with Crippen LogP contribution in [0.1, 0.15) is 18.4 Å². The maximum atomic E-state index is 13.6. The van der Waals surface area contributed by atoms with Gasteiger partial charge in [0, 0.05) is 31.4 Å². The van der Waals surface area contributed by atoms with Gasteiger partial charge in [-0.2, -0.15) is 0 Å². The number of hydrogen-bond donors (Lipinski definition) is 2. The summed E-state index contributed by atoms with van der Waals surface area (Å²) in [5.74, 6) is -1.29. The SMILES string of the molecule is Fc1ccc(NC(=S)NCc2ccc(N3CCCC3)cc2)c(F)c1. The molecule has 1 saturated heterocycles. The summed E-state index contributed by atoms with van der Waals surface area (Å²) in [6.07, 6.45) is 2.51. The Morgan fingerprint density at radius 1 is 1.04 bits per heavy atom. The largest absolute Gasteiger partial charge is 0.372 e. The van der Waals surface area contributed by atoms with Crippen LogP contribution < -0.4 is 15.5 Å². The van der Waals surface area contributed by atoms with E-state index in [2.05, 4.69) is 39.8 Å². The third-order valence-corrected chi connectivity index (χ3v) is 4.29. The fourth-order valence-corrected chi connectivity index (χ4v) is 2.92. The highest BCUT2D eigenvalue weighted by Gasteiger charge is 2.11. The summed E-state index contributed by atoms with van der Waals surface area (Å²) in [7, 11) is 0. The Balaban J connectivity index is 1.52. The van der Waals surface area contributed by atoms with Crippen molar-refractivity contribution < 1.29 is 8.78 Å². The molecule has 0 saturated carbocycles. The van der Waals surface area contributed by atoms with Crippen molar-refractivity contribution in [3.8, 4) is 0 Å². The summed E-state index contributed by atoms with van der Waals surface area (Å²) in [6.45, 7) is 2.78. The quantitative estimate of drug-likeness (QED) is 0.816. The van der Waals surface area contributed by atoms with E-state index in [1.54, 1.807) is 0 Å². The normalized spacial score (nSPS) is 13.8. The first kappa shape index (κ1) is 16.6. The van der Waals surface area contributed by atoms with Crippen molar-refractivity contribution in [2.24, 2.45) is 0 Å². The van der Waals surface area contributed by atoms with Crippen LogP contribution in [-0.2, 0) is 6.54 Å². The average Bonchev–Trinajstić information content (AvgIpc) is 3.11. The average molecular weight is 347 g/mol. The van der Waals surface area contributed by atoms with Gasteiger partial charge in [-0.1, -0.05) is 12.1 Å². The topological polar surface area (TPSA) is 27.3 Å². The molecule has 2 aromatic carbocycles. The number of thiocarbonyl (C=S) groups is 1. The molecule has 0 amide bonds. The number of hydrogen-bond acceptors (Lipinski definition) is 2. The van der Waals surface area contributed by atoms with E-state index in [0.29, 0.717) is 11.7 Å². The van der Waals surface area contributed by atoms with Gasteiger partial charge in [-0.05, 0) is 54.9 Å². The molecule has 3 rings (SSSR count). The van der Waals surface area contributed by atoms with Crippen molar-refractivity contribution in [2.75, 3.05) is 23.3 Å². The molecule has 1 aliphatic rings. The van der Waals surface area contributed by atoms with Gasteiger partial charge in [0.25, 0.3) is 0 Å². The van der Waals surface area contributed by atoms with Gasteiger partial charge in [-0.15, -0.1) is 0 Å². The minimum Gasteiger partial charge on any atom is -0.372 e. The summed E-state index contributed by atoms with van der Waals surface area (Å²) in [4.78, 5) is 2.38. The molecule has 1 heterocycles. The van der Waals surface area contributed by atoms with E-state index < -0.39 is 11.6 Å². The maximum Gasteiger partial charge on any atom is 0.171 e. The van der Waals surface area contributed by atoms with Crippen LogP contribution in [0.2, 0.25) is 0 Å². The molecule has 2 N–H and O–H groups in total. The van der Waals surface area contributed by atoms with Gasteiger partial charge >= 0.3 is 0 Å². The van der Waals surface area contributed by atoms with E-state index in [1.807, 2.05) is 0 Å². The van der Waals surface area contributed by atoms with E-state index >= 15 is 0 Å². The van der Waals surface area contributed by atoms with Crippen molar-refractivity contribution in [2.45, 2.75) is 19.4 Å². The highest BCUT2D eigenvalue weighted by atomic mass is 32.1. The summed E-state index contributed by atoms with van der Waals surface area (Å²) >= 11 is 5.15. The van der Waals surface area contributed by atoms with Crippen molar-refractivity contribution in [1.82, 2.24) is 5.32 Å². The molecule has 24 heavy (non-hydrogen) atoms. The van der Waals surface area contributed by atoms with E-state index in [1.165, 1.54) is 30.7 Å². The fourth-order valence-electron chi connectivity index (χ4n) is 2.74. The molecule has 0 bridgehead atoms. The van der Waals surface area contributed by atoms with E-state index in [4.69, 9.17) is 12.2 Å². The Bertz CT molecular complexity index is 713. The number of nitrogens with zero attached hydrogens (tertiary/aromatic N) is 1. The Morgan fingerprint density at radius 3 is 2.42 bits per heavy atom. The van der Waals surface area contributed by atoms with Gasteiger partial charge in [0.05, 0.1) is 5.69 Å². The lowest BCUT2D eigenvalue weighted by atomic mass is 10.2. The molecule has 0 aliphatic carbocycles. The predicted octanol–water partition coefficient (Wildman–Crippen LogP) is 4.05. The van der Waals surface area contributed by atoms with Gasteiger partial charge in [0.1, 0.15) is 11.6 Å². The molecule has 0 radical (unpaired) electrons. The molecule has 126 valence electrons. The zero-order chi connectivity index (χ0) is 16.9. The van der Waals surface area contributed by atoms with Crippen LogP contribution in [0.5, 0.6) is 0 Å². The second kappa shape index (κ2) is 7.57. The summed E-state index contributed by atoms with van der Waals surface area (Å²) in [5, 5.41) is 6.05. The Labute approximate surface area is 145 Å². The van der Waals surface area contributed by atoms with Gasteiger partial charge in [-0.3, -0.25) is 0 Å². The van der Waals surface area contributed by atoms with Crippen LogP contribution in [0.25, 0.3) is 0 Å². The summed E-state index contributed by atoms with van der Waals surface area (Å²) in [6, 6.07) is 11.7. The van der Waals surface area contributed by atoms with Crippen molar-refractivity contribution >= 4 is 28.7 Å². The van der Waals surface area contributed by atoms with Gasteiger partial charge in [0.2, 0.25) is 0 Å². The van der Waals surface area contributed by atoms with Crippen LogP contribution in [0, 0.1) is 11.6 Å². The predicted molar refractivity (Wildman–Crippen MR) is 97.3 cm³/mol. The summed E-state index contributed by atoms with van der Waals surface area (Å²) < 4.78 is 26.5. The van der Waals surface area contributed by atoms with Crippen LogP contribution >= 0.6 is 12.2 Å². The first-order valence-corrected chi connectivity index (χ1v) is 8.36. The molecule has 2 aromatic rings. The lowest BCUT2D eigenvalue weighted by Gasteiger charge is -2.18. The Kier molecular flexibility index (Phi) is 5.25. The molecule has 0 unspecified atom stereocenters. The number of nitrogens with one attached hydrogen (secondary N) is 2. The second-order valence-corrected chi connectivity index (χ2v) is 6.20. The molecule has 6 heteroatoms. The number of benzene rings is 2. The van der Waals surface area contributed by atoms with Crippen molar-refractivity contribution in [3.05, 3.63) is 59.7 Å². The minimum absolute atomic E-state index is 0.151. The van der Waals surface area contributed by atoms with E-state index in [9.17, 15) is 8.78 Å². The van der Waals surface area contributed by atoms with Crippen LogP contribution in [0.3, 0.4) is 0 Å². The standard InChI is InChI=1S/C18H19F2N3S/c19-14-5-8-17(16(20)11-14)22-18(24)21-12-13-3-6-15(7-4-13)23-9-1-2-10-23/h3-8,11H,1-2,9-10,12H2,(H2,21,22,24). The maximum absolute atomic E-state index is 13.6. The molecule has 0 atom stereocenters. The highest BCUT2D eigenvalue weighted by Crippen LogP contribution is 2.20. The molecule has 3 nitrogen and oxygen atoms in total. The fraction of sp³-hybridized carbons (Fsp3) is 0.278. The Morgan fingerprint density at radius 2 is 1.75 bits per heavy atom. The lowest BCUT2D eigenvalue weighted by molar-refractivity contribution is 0.586. The first-order valence-electron chi connectivity index (χ1n) is 7.95. The second-order valence-electron chi connectivity index (χ2n) is 5.79. The number of halogens is 2. The number of rotatable bonds is 4.